The Labute approximate surface area is 263 Å². The van der Waals surface area contributed by atoms with Gasteiger partial charge in [-0.05, 0) is 12.8 Å². The molecule has 0 aliphatic carbocycles. The third-order valence-corrected chi connectivity index (χ3v) is 5.74. The van der Waals surface area contributed by atoms with Crippen molar-refractivity contribution in [2.45, 2.75) is 75.2 Å². The molecule has 0 rings (SSSR count). The van der Waals surface area contributed by atoms with Crippen LogP contribution in [-0.4, -0.2) is 133 Å². The number of rotatable bonds is 23. The first kappa shape index (κ1) is 41.1. The number of carboxylic acid groups (broad SMARTS) is 6. The lowest BCUT2D eigenvalue weighted by Crippen LogP contribution is -2.58. The van der Waals surface area contributed by atoms with Gasteiger partial charge in [-0.1, -0.05) is 0 Å². The van der Waals surface area contributed by atoms with E-state index in [1.54, 1.807) is 0 Å². The Hall–Kier alpha value is -5.87. The number of carbonyl (C=O) groups excluding carboxylic acids is 5. The molecule has 5 amide bonds. The van der Waals surface area contributed by atoms with Crippen molar-refractivity contribution in [3.05, 3.63) is 0 Å². The van der Waals surface area contributed by atoms with Gasteiger partial charge >= 0.3 is 35.8 Å². The van der Waals surface area contributed by atoms with Gasteiger partial charge in [0.2, 0.25) is 29.5 Å². The molecule has 0 aromatic carbocycles. The highest BCUT2D eigenvalue weighted by Crippen LogP contribution is 2.05. The van der Waals surface area contributed by atoms with Crippen molar-refractivity contribution in [1.29, 1.82) is 0 Å². The van der Waals surface area contributed by atoms with Crippen molar-refractivity contribution in [1.82, 2.24) is 26.6 Å². The summed E-state index contributed by atoms with van der Waals surface area (Å²) < 4.78 is 0. The zero-order valence-electron chi connectivity index (χ0n) is 24.3. The van der Waals surface area contributed by atoms with Crippen LogP contribution in [0.5, 0.6) is 0 Å². The lowest BCUT2D eigenvalue weighted by atomic mass is 10.1. The Kier molecular flexibility index (Phi) is 17.7. The first-order valence-electron chi connectivity index (χ1n) is 13.3. The van der Waals surface area contributed by atoms with Gasteiger partial charge in [0.05, 0.1) is 31.8 Å². The molecular formula is C24H34N6O17. The van der Waals surface area contributed by atoms with Gasteiger partial charge in [0.1, 0.15) is 24.2 Å². The van der Waals surface area contributed by atoms with Gasteiger partial charge in [-0.2, -0.15) is 0 Å². The summed E-state index contributed by atoms with van der Waals surface area (Å²) in [5, 5.41) is 63.6. The van der Waals surface area contributed by atoms with Crippen LogP contribution in [0.25, 0.3) is 0 Å². The van der Waals surface area contributed by atoms with E-state index in [0.717, 1.165) is 0 Å². The van der Waals surface area contributed by atoms with Crippen molar-refractivity contribution >= 4 is 65.4 Å². The standard InChI is InChI=1S/C24H34N6O17/c25-9(5-17(36)37)20(42)29-13(7-19(40)41)23(45)28-10(1-3-15(32)33)22(44)30-12(6-18(38)39)21(43)26-8-14(31)27-11(24(46)47)2-4-16(34)35/h9-13H,1-8,25H2,(H,26,43)(H,27,31)(H,28,45)(H,29,42)(H,30,44)(H,32,33)(H,34,35)(H,36,37)(H,38,39)(H,40,41)(H,46,47)/t9-,10-,11-,12-,13-/m0/s1. The number of aliphatic carboxylic acids is 6. The summed E-state index contributed by atoms with van der Waals surface area (Å²) in [6.07, 6.45) is -5.81. The highest BCUT2D eigenvalue weighted by atomic mass is 16.4. The average Bonchev–Trinajstić information content (AvgIpc) is 2.93. The van der Waals surface area contributed by atoms with E-state index in [1.165, 1.54) is 0 Å². The van der Waals surface area contributed by atoms with Crippen LogP contribution in [0.3, 0.4) is 0 Å². The molecule has 0 saturated heterocycles. The minimum Gasteiger partial charge on any atom is -0.481 e. The second-order valence-corrected chi connectivity index (χ2v) is 9.62. The van der Waals surface area contributed by atoms with Gasteiger partial charge in [0, 0.05) is 12.8 Å². The van der Waals surface area contributed by atoms with Gasteiger partial charge in [0.15, 0.2) is 0 Å². The van der Waals surface area contributed by atoms with Crippen molar-refractivity contribution in [3.8, 4) is 0 Å². The molecule has 0 heterocycles. The monoisotopic (exact) mass is 678 g/mol. The second-order valence-electron chi connectivity index (χ2n) is 9.62. The van der Waals surface area contributed by atoms with E-state index in [4.69, 9.17) is 31.3 Å². The Balaban J connectivity index is 5.82. The van der Waals surface area contributed by atoms with Gasteiger partial charge in [-0.25, -0.2) is 4.79 Å². The number of nitrogens with one attached hydrogen (secondary N) is 5. The Morgan fingerprint density at radius 2 is 0.872 bits per heavy atom. The van der Waals surface area contributed by atoms with E-state index in [9.17, 15) is 57.8 Å². The molecule has 23 heteroatoms. The topological polar surface area (TPSA) is 395 Å². The highest BCUT2D eigenvalue weighted by Gasteiger charge is 2.33. The molecule has 0 aromatic heterocycles. The molecule has 0 fully saturated rings. The fourth-order valence-electron chi connectivity index (χ4n) is 3.47. The van der Waals surface area contributed by atoms with E-state index >= 15 is 0 Å². The first-order valence-corrected chi connectivity index (χ1v) is 13.3. The number of amides is 5. The molecule has 23 nitrogen and oxygen atoms in total. The van der Waals surface area contributed by atoms with Crippen LogP contribution in [0, 0.1) is 0 Å². The summed E-state index contributed by atoms with van der Waals surface area (Å²) >= 11 is 0. The largest absolute Gasteiger partial charge is 0.481 e. The molecule has 0 bridgehead atoms. The van der Waals surface area contributed by atoms with E-state index < -0.39 is 147 Å². The predicted molar refractivity (Wildman–Crippen MR) is 147 cm³/mol. The van der Waals surface area contributed by atoms with Crippen LogP contribution < -0.4 is 32.3 Å². The molecule has 0 spiro atoms. The minimum absolute atomic E-state index is 0.516. The highest BCUT2D eigenvalue weighted by molar-refractivity contribution is 5.98. The lowest BCUT2D eigenvalue weighted by Gasteiger charge is -2.25. The molecule has 5 atom stereocenters. The first-order chi connectivity index (χ1) is 21.7. The summed E-state index contributed by atoms with van der Waals surface area (Å²) in [7, 11) is 0. The van der Waals surface area contributed by atoms with Crippen molar-refractivity contribution in [2.24, 2.45) is 5.73 Å². The van der Waals surface area contributed by atoms with Crippen LogP contribution in [0.2, 0.25) is 0 Å². The van der Waals surface area contributed by atoms with Crippen LogP contribution in [0.1, 0.15) is 44.9 Å². The predicted octanol–water partition coefficient (Wildman–Crippen LogP) is -5.39. The number of carboxylic acids is 6. The van der Waals surface area contributed by atoms with E-state index in [0.29, 0.717) is 0 Å². The van der Waals surface area contributed by atoms with E-state index in [2.05, 4.69) is 0 Å². The summed E-state index contributed by atoms with van der Waals surface area (Å²) in [5.41, 5.74) is 5.40. The molecular weight excluding hydrogens is 644 g/mol. The maximum absolute atomic E-state index is 13.0. The van der Waals surface area contributed by atoms with Gasteiger partial charge in [0.25, 0.3) is 0 Å². The van der Waals surface area contributed by atoms with Crippen molar-refractivity contribution in [2.75, 3.05) is 6.54 Å². The zero-order valence-corrected chi connectivity index (χ0v) is 24.3. The molecule has 0 aliphatic rings. The Morgan fingerprint density at radius 1 is 0.468 bits per heavy atom. The Bertz CT molecular complexity index is 1250. The SMILES string of the molecule is N[C@@H](CC(=O)O)C(=O)N[C@@H](CC(=O)O)C(=O)N[C@@H](CCC(=O)O)C(=O)N[C@@H](CC(=O)O)C(=O)NCC(=O)N[C@@H](CCC(=O)O)C(=O)O. The summed E-state index contributed by atoms with van der Waals surface area (Å²) in [5.74, 6) is -15.7. The molecule has 0 aromatic rings. The van der Waals surface area contributed by atoms with Gasteiger partial charge < -0.3 is 63.0 Å². The molecule has 0 unspecified atom stereocenters. The molecule has 13 N–H and O–H groups in total. The molecule has 0 saturated carbocycles. The molecule has 0 aliphatic heterocycles. The quantitative estimate of drug-likeness (QED) is 0.0479. The molecule has 262 valence electrons. The second kappa shape index (κ2) is 20.2. The van der Waals surface area contributed by atoms with Crippen LogP contribution in [-0.2, 0) is 52.7 Å². The fraction of sp³-hybridized carbons (Fsp3) is 0.542. The fourth-order valence-corrected chi connectivity index (χ4v) is 3.47. The van der Waals surface area contributed by atoms with E-state index in [-0.39, 0.29) is 0 Å². The van der Waals surface area contributed by atoms with Gasteiger partial charge in [-0.3, -0.25) is 47.9 Å². The molecule has 47 heavy (non-hydrogen) atoms. The average molecular weight is 679 g/mol. The van der Waals surface area contributed by atoms with Crippen LogP contribution >= 0.6 is 0 Å². The van der Waals surface area contributed by atoms with E-state index in [1.807, 2.05) is 26.6 Å². The van der Waals surface area contributed by atoms with Crippen molar-refractivity contribution < 1.29 is 83.4 Å². The lowest BCUT2D eigenvalue weighted by molar-refractivity contribution is -0.144. The Morgan fingerprint density at radius 3 is 1.32 bits per heavy atom. The van der Waals surface area contributed by atoms with Gasteiger partial charge in [-0.15, -0.1) is 0 Å². The maximum Gasteiger partial charge on any atom is 0.326 e. The molecule has 0 radical (unpaired) electrons. The number of nitrogens with two attached hydrogens (primary N) is 1. The number of hydrogen-bond donors (Lipinski definition) is 12. The third-order valence-electron chi connectivity index (χ3n) is 5.74. The normalized spacial score (nSPS) is 13.6. The summed E-state index contributed by atoms with van der Waals surface area (Å²) in [6, 6.07) is -9.23. The van der Waals surface area contributed by atoms with Crippen LogP contribution in [0.15, 0.2) is 0 Å². The minimum atomic E-state index is -1.98. The summed E-state index contributed by atoms with van der Waals surface area (Å²) in [4.78, 5) is 129. The van der Waals surface area contributed by atoms with Crippen LogP contribution in [0.4, 0.5) is 0 Å². The summed E-state index contributed by atoms with van der Waals surface area (Å²) in [6.45, 7) is -0.971. The van der Waals surface area contributed by atoms with Crippen molar-refractivity contribution in [3.63, 3.8) is 0 Å². The number of hydrogen-bond acceptors (Lipinski definition) is 12. The third kappa shape index (κ3) is 17.9. The maximum atomic E-state index is 13.0. The smallest absolute Gasteiger partial charge is 0.326 e. The number of carbonyl (C=O) groups is 11. The zero-order chi connectivity index (χ0) is 36.4.